The van der Waals surface area contributed by atoms with Gasteiger partial charge in [-0.15, -0.1) is 12.6 Å². The molecule has 44 valence electrons. The molecule has 0 aliphatic heterocycles. The molecule has 0 bridgehead atoms. The van der Waals surface area contributed by atoms with E-state index in [0.29, 0.717) is 0 Å². The van der Waals surface area contributed by atoms with E-state index in [2.05, 4.69) is 19.6 Å². The van der Waals surface area contributed by atoms with E-state index in [0.717, 1.165) is 4.90 Å². The maximum Gasteiger partial charge on any atom is 0.00401 e. The van der Waals surface area contributed by atoms with Gasteiger partial charge >= 0.3 is 0 Å². The molecule has 1 rings (SSSR count). The molecule has 0 fully saturated rings. The van der Waals surface area contributed by atoms with Gasteiger partial charge in [0.25, 0.3) is 0 Å². The molecule has 0 atom stereocenters. The zero-order chi connectivity index (χ0) is 5.98. The second-order valence-corrected chi connectivity index (χ2v) is 2.35. The zero-order valence-corrected chi connectivity index (χ0v) is 5.65. The van der Waals surface area contributed by atoms with Crippen molar-refractivity contribution in [3.05, 3.63) is 29.8 Å². The van der Waals surface area contributed by atoms with Crippen molar-refractivity contribution >= 4 is 12.6 Å². The molecule has 0 radical (unpaired) electrons. The molecule has 0 saturated carbocycles. The first-order valence-electron chi connectivity index (χ1n) is 2.54. The van der Waals surface area contributed by atoms with Gasteiger partial charge in [0.05, 0.1) is 0 Å². The lowest BCUT2D eigenvalue weighted by molar-refractivity contribution is 1.39. The Balaban J connectivity index is 0.000000640. The van der Waals surface area contributed by atoms with E-state index in [1.54, 1.807) is 0 Å². The Bertz CT molecular complexity index is 148. The van der Waals surface area contributed by atoms with Gasteiger partial charge in [-0.05, 0) is 19.1 Å². The van der Waals surface area contributed by atoms with Crippen LogP contribution >= 0.6 is 12.6 Å². The molecule has 0 saturated heterocycles. The summed E-state index contributed by atoms with van der Waals surface area (Å²) >= 11 is 4.13. The average Bonchev–Trinajstić information content (AvgIpc) is 1.77. The molecule has 0 amide bonds. The van der Waals surface area contributed by atoms with Gasteiger partial charge in [0.15, 0.2) is 0 Å². The van der Waals surface area contributed by atoms with Crippen LogP contribution in [0.15, 0.2) is 29.2 Å². The predicted octanol–water partition coefficient (Wildman–Crippen LogP) is 2.53. The van der Waals surface area contributed by atoms with E-state index in [4.69, 9.17) is 0 Å². The van der Waals surface area contributed by atoms with Crippen molar-refractivity contribution in [1.82, 2.24) is 0 Å². The Morgan fingerprint density at radius 3 is 2.12 bits per heavy atom. The van der Waals surface area contributed by atoms with Gasteiger partial charge in [-0.2, -0.15) is 0 Å². The summed E-state index contributed by atoms with van der Waals surface area (Å²) in [6, 6.07) is 8.06. The Kier molecular flexibility index (Phi) is 1.59. The fourth-order valence-electron chi connectivity index (χ4n) is 0.545. The first kappa shape index (κ1) is 5.70. The molecular weight excluding hydrogens is 116 g/mol. The molecular formula is C7H10S. The third-order valence-electron chi connectivity index (χ3n) is 1.03. The highest BCUT2D eigenvalue weighted by molar-refractivity contribution is 7.80. The van der Waals surface area contributed by atoms with E-state index in [1.807, 2.05) is 24.3 Å². The number of rotatable bonds is 0. The molecule has 8 heavy (non-hydrogen) atoms. The second-order valence-electron chi connectivity index (χ2n) is 1.84. The lowest BCUT2D eigenvalue weighted by Crippen LogP contribution is -1.67. The molecule has 0 heterocycles. The fourth-order valence-corrected chi connectivity index (χ4v) is 0.694. The van der Waals surface area contributed by atoms with Crippen LogP contribution in [-0.2, 0) is 0 Å². The summed E-state index contributed by atoms with van der Waals surface area (Å²) in [5.74, 6) is 0. The van der Waals surface area contributed by atoms with E-state index in [-0.39, 0.29) is 1.43 Å². The fraction of sp³-hybridized carbons (Fsp3) is 0.143. The van der Waals surface area contributed by atoms with Crippen LogP contribution < -0.4 is 0 Å². The van der Waals surface area contributed by atoms with Crippen molar-refractivity contribution in [3.63, 3.8) is 0 Å². The maximum absolute atomic E-state index is 4.13. The monoisotopic (exact) mass is 126 g/mol. The van der Waals surface area contributed by atoms with Crippen molar-refractivity contribution in [2.75, 3.05) is 0 Å². The minimum atomic E-state index is 0. The van der Waals surface area contributed by atoms with Gasteiger partial charge in [-0.1, -0.05) is 17.7 Å². The number of hydrogen-bond acceptors (Lipinski definition) is 1. The first-order valence-corrected chi connectivity index (χ1v) is 2.99. The molecule has 1 aromatic rings. The number of thiol groups is 1. The Morgan fingerprint density at radius 1 is 1.25 bits per heavy atom. The lowest BCUT2D eigenvalue weighted by atomic mass is 10.2. The lowest BCUT2D eigenvalue weighted by Gasteiger charge is -1.89. The van der Waals surface area contributed by atoms with Crippen LogP contribution in [0, 0.1) is 6.92 Å². The van der Waals surface area contributed by atoms with Crippen LogP contribution in [0.4, 0.5) is 0 Å². The summed E-state index contributed by atoms with van der Waals surface area (Å²) in [4.78, 5) is 1.02. The van der Waals surface area contributed by atoms with Crippen LogP contribution in [0.2, 0.25) is 0 Å². The maximum atomic E-state index is 4.13. The summed E-state index contributed by atoms with van der Waals surface area (Å²) in [6.45, 7) is 2.06. The van der Waals surface area contributed by atoms with Gasteiger partial charge in [0.1, 0.15) is 0 Å². The second kappa shape index (κ2) is 2.23. The largest absolute Gasteiger partial charge is 0.143 e. The molecule has 0 aliphatic carbocycles. The van der Waals surface area contributed by atoms with Crippen molar-refractivity contribution < 1.29 is 1.43 Å². The predicted molar refractivity (Wildman–Crippen MR) is 40.5 cm³/mol. The topological polar surface area (TPSA) is 0 Å². The number of benzene rings is 1. The van der Waals surface area contributed by atoms with E-state index < -0.39 is 0 Å². The van der Waals surface area contributed by atoms with Crippen molar-refractivity contribution in [2.24, 2.45) is 0 Å². The SMILES string of the molecule is Cc1ccc(S)cc1.[HH]. The minimum absolute atomic E-state index is 0. The molecule has 0 unspecified atom stereocenters. The van der Waals surface area contributed by atoms with Crippen molar-refractivity contribution in [2.45, 2.75) is 11.8 Å². The molecule has 1 aromatic carbocycles. The van der Waals surface area contributed by atoms with Crippen LogP contribution in [-0.4, -0.2) is 0 Å². The third kappa shape index (κ3) is 1.27. The molecule has 0 spiro atoms. The van der Waals surface area contributed by atoms with Crippen LogP contribution in [0.25, 0.3) is 0 Å². The normalized spacial score (nSPS) is 9.25. The van der Waals surface area contributed by atoms with Gasteiger partial charge in [0.2, 0.25) is 0 Å². The number of aryl methyl sites for hydroxylation is 1. The summed E-state index contributed by atoms with van der Waals surface area (Å²) in [5, 5.41) is 0. The smallest absolute Gasteiger partial charge is 0.00401 e. The van der Waals surface area contributed by atoms with Gasteiger partial charge in [-0.3, -0.25) is 0 Å². The first-order chi connectivity index (χ1) is 3.79. The molecule has 0 aliphatic rings. The van der Waals surface area contributed by atoms with Crippen LogP contribution in [0.3, 0.4) is 0 Å². The van der Waals surface area contributed by atoms with Crippen molar-refractivity contribution in [3.8, 4) is 0 Å². The molecule has 0 nitrogen and oxygen atoms in total. The summed E-state index contributed by atoms with van der Waals surface area (Å²) < 4.78 is 0. The summed E-state index contributed by atoms with van der Waals surface area (Å²) in [5.41, 5.74) is 1.28. The van der Waals surface area contributed by atoms with Gasteiger partial charge < -0.3 is 0 Å². The Hall–Kier alpha value is -0.430. The highest BCUT2D eigenvalue weighted by atomic mass is 32.1. The van der Waals surface area contributed by atoms with Crippen LogP contribution in [0.1, 0.15) is 6.99 Å². The minimum Gasteiger partial charge on any atom is -0.143 e. The van der Waals surface area contributed by atoms with E-state index >= 15 is 0 Å². The van der Waals surface area contributed by atoms with E-state index in [9.17, 15) is 0 Å². The third-order valence-corrected chi connectivity index (χ3v) is 1.33. The molecule has 0 aromatic heterocycles. The van der Waals surface area contributed by atoms with Gasteiger partial charge in [-0.25, -0.2) is 0 Å². The van der Waals surface area contributed by atoms with E-state index in [1.165, 1.54) is 5.56 Å². The summed E-state index contributed by atoms with van der Waals surface area (Å²) in [6.07, 6.45) is 0. The number of hydrogen-bond donors (Lipinski definition) is 1. The van der Waals surface area contributed by atoms with Crippen molar-refractivity contribution in [1.29, 1.82) is 0 Å². The molecule has 1 heteroatoms. The average molecular weight is 126 g/mol. The molecule has 0 N–H and O–H groups in total. The zero-order valence-electron chi connectivity index (χ0n) is 4.76. The highest BCUT2D eigenvalue weighted by Crippen LogP contribution is 2.05. The quantitative estimate of drug-likeness (QED) is 0.507. The Morgan fingerprint density at radius 2 is 1.75 bits per heavy atom. The standard InChI is InChI=1S/C7H8S.H2/c1-6-2-4-7(8)5-3-6;/h2-5,8H,1H3;1H. The highest BCUT2D eigenvalue weighted by Gasteiger charge is 1.80. The van der Waals surface area contributed by atoms with Crippen LogP contribution in [0.5, 0.6) is 0 Å². The Labute approximate surface area is 56.4 Å². The van der Waals surface area contributed by atoms with Gasteiger partial charge in [0, 0.05) is 6.32 Å². The summed E-state index contributed by atoms with van der Waals surface area (Å²) in [7, 11) is 0.